The van der Waals surface area contributed by atoms with Crippen molar-refractivity contribution in [2.75, 3.05) is 0 Å². The normalized spacial score (nSPS) is 11.6. The molecule has 0 saturated heterocycles. The van der Waals surface area contributed by atoms with E-state index in [1.165, 1.54) is 12.1 Å². The number of hydrogen-bond donors (Lipinski definition) is 2. The van der Waals surface area contributed by atoms with Crippen LogP contribution in [-0.4, -0.2) is 8.42 Å². The summed E-state index contributed by atoms with van der Waals surface area (Å²) in [5.41, 5.74) is 6.60. The molecule has 0 radical (unpaired) electrons. The first-order valence-electron chi connectivity index (χ1n) is 6.15. The van der Waals surface area contributed by atoms with Gasteiger partial charge in [-0.15, -0.1) is 0 Å². The number of halogens is 2. The molecular formula is C14H14ClFN2O2S. The predicted molar refractivity (Wildman–Crippen MR) is 79.8 cm³/mol. The standard InChI is InChI=1S/C14H14ClFN2O2S/c15-12-3-1-2-11(6-12)9-18-21(19,20)14-5-4-10(8-17)7-13(14)16/h1-7,18H,8-9,17H2. The van der Waals surface area contributed by atoms with Crippen LogP contribution in [0.1, 0.15) is 11.1 Å². The fourth-order valence-electron chi connectivity index (χ4n) is 1.79. The van der Waals surface area contributed by atoms with Crippen LogP contribution in [0.2, 0.25) is 5.02 Å². The van der Waals surface area contributed by atoms with Crippen LogP contribution in [0.25, 0.3) is 0 Å². The maximum absolute atomic E-state index is 13.8. The van der Waals surface area contributed by atoms with E-state index in [1.54, 1.807) is 24.3 Å². The molecule has 0 aromatic heterocycles. The molecule has 0 unspecified atom stereocenters. The van der Waals surface area contributed by atoms with E-state index in [0.717, 1.165) is 6.07 Å². The smallest absolute Gasteiger partial charge is 0.243 e. The van der Waals surface area contributed by atoms with Gasteiger partial charge in [-0.2, -0.15) is 0 Å². The Labute approximate surface area is 127 Å². The molecule has 2 aromatic carbocycles. The predicted octanol–water partition coefficient (Wildman–Crippen LogP) is 2.42. The molecule has 0 aliphatic rings. The van der Waals surface area contributed by atoms with Crippen LogP contribution in [0.15, 0.2) is 47.4 Å². The Morgan fingerprint density at radius 3 is 2.52 bits per heavy atom. The number of nitrogens with one attached hydrogen (secondary N) is 1. The van der Waals surface area contributed by atoms with Gasteiger partial charge in [-0.05, 0) is 35.4 Å². The number of sulfonamides is 1. The van der Waals surface area contributed by atoms with Gasteiger partial charge in [0.05, 0.1) is 0 Å². The highest BCUT2D eigenvalue weighted by Gasteiger charge is 2.18. The molecule has 0 fully saturated rings. The minimum Gasteiger partial charge on any atom is -0.326 e. The van der Waals surface area contributed by atoms with E-state index < -0.39 is 20.7 Å². The second-order valence-electron chi connectivity index (χ2n) is 4.42. The summed E-state index contributed by atoms with van der Waals surface area (Å²) in [7, 11) is -3.94. The van der Waals surface area contributed by atoms with Gasteiger partial charge in [-0.25, -0.2) is 17.5 Å². The Morgan fingerprint density at radius 2 is 1.90 bits per heavy atom. The van der Waals surface area contributed by atoms with Gasteiger partial charge in [-0.3, -0.25) is 0 Å². The fourth-order valence-corrected chi connectivity index (χ4v) is 3.08. The molecule has 0 spiro atoms. The monoisotopic (exact) mass is 328 g/mol. The van der Waals surface area contributed by atoms with Crippen molar-refractivity contribution in [1.29, 1.82) is 0 Å². The van der Waals surface area contributed by atoms with Crippen LogP contribution in [0.4, 0.5) is 4.39 Å². The lowest BCUT2D eigenvalue weighted by molar-refractivity contribution is 0.556. The van der Waals surface area contributed by atoms with Crippen LogP contribution in [0.5, 0.6) is 0 Å². The fraction of sp³-hybridized carbons (Fsp3) is 0.143. The molecule has 21 heavy (non-hydrogen) atoms. The SMILES string of the molecule is NCc1ccc(S(=O)(=O)NCc2cccc(Cl)c2)c(F)c1. The highest BCUT2D eigenvalue weighted by atomic mass is 35.5. The van der Waals surface area contributed by atoms with Crippen molar-refractivity contribution in [3.63, 3.8) is 0 Å². The van der Waals surface area contributed by atoms with E-state index in [2.05, 4.69) is 4.72 Å². The lowest BCUT2D eigenvalue weighted by Gasteiger charge is -2.09. The highest BCUT2D eigenvalue weighted by Crippen LogP contribution is 2.17. The van der Waals surface area contributed by atoms with Crippen molar-refractivity contribution in [3.8, 4) is 0 Å². The minimum atomic E-state index is -3.94. The van der Waals surface area contributed by atoms with E-state index in [-0.39, 0.29) is 13.1 Å². The summed E-state index contributed by atoms with van der Waals surface area (Å²) in [5, 5.41) is 0.505. The van der Waals surface area contributed by atoms with Crippen molar-refractivity contribution in [3.05, 3.63) is 64.4 Å². The molecule has 112 valence electrons. The molecule has 0 saturated carbocycles. The van der Waals surface area contributed by atoms with Gasteiger partial charge in [-0.1, -0.05) is 29.8 Å². The van der Waals surface area contributed by atoms with Crippen molar-refractivity contribution in [2.45, 2.75) is 18.0 Å². The van der Waals surface area contributed by atoms with Crippen molar-refractivity contribution < 1.29 is 12.8 Å². The molecule has 7 heteroatoms. The summed E-state index contributed by atoms with van der Waals surface area (Å²) < 4.78 is 40.4. The zero-order valence-corrected chi connectivity index (χ0v) is 12.6. The third kappa shape index (κ3) is 4.01. The van der Waals surface area contributed by atoms with Crippen LogP contribution in [-0.2, 0) is 23.1 Å². The zero-order chi connectivity index (χ0) is 15.5. The topological polar surface area (TPSA) is 72.2 Å². The Hall–Kier alpha value is -1.47. The lowest BCUT2D eigenvalue weighted by atomic mass is 10.2. The first-order valence-corrected chi connectivity index (χ1v) is 8.01. The summed E-state index contributed by atoms with van der Waals surface area (Å²) in [5.74, 6) is -0.823. The van der Waals surface area contributed by atoms with Crippen molar-refractivity contribution in [1.82, 2.24) is 4.72 Å². The minimum absolute atomic E-state index is 0.0287. The highest BCUT2D eigenvalue weighted by molar-refractivity contribution is 7.89. The summed E-state index contributed by atoms with van der Waals surface area (Å²) in [4.78, 5) is -0.401. The summed E-state index contributed by atoms with van der Waals surface area (Å²) in [6.07, 6.45) is 0. The Bertz CT molecular complexity index is 750. The third-order valence-corrected chi connectivity index (χ3v) is 4.55. The molecule has 0 atom stereocenters. The average molecular weight is 329 g/mol. The van der Waals surface area contributed by atoms with E-state index >= 15 is 0 Å². The summed E-state index contributed by atoms with van der Waals surface area (Å²) in [6.45, 7) is 0.175. The first kappa shape index (κ1) is 15.9. The molecule has 2 aromatic rings. The van der Waals surface area contributed by atoms with Crippen LogP contribution >= 0.6 is 11.6 Å². The Balaban J connectivity index is 2.19. The van der Waals surface area contributed by atoms with Gasteiger partial charge in [0, 0.05) is 18.1 Å². The molecule has 2 rings (SSSR count). The molecule has 0 amide bonds. The number of rotatable bonds is 5. The number of nitrogens with two attached hydrogens (primary N) is 1. The van der Waals surface area contributed by atoms with Gasteiger partial charge in [0.15, 0.2) is 0 Å². The second kappa shape index (κ2) is 6.53. The van der Waals surface area contributed by atoms with Crippen molar-refractivity contribution >= 4 is 21.6 Å². The second-order valence-corrected chi connectivity index (χ2v) is 6.60. The molecule has 0 bridgehead atoms. The first-order chi connectivity index (χ1) is 9.92. The molecule has 3 N–H and O–H groups in total. The van der Waals surface area contributed by atoms with Crippen LogP contribution < -0.4 is 10.5 Å². The van der Waals surface area contributed by atoms with Gasteiger partial charge in [0.1, 0.15) is 10.7 Å². The average Bonchev–Trinajstić information content (AvgIpc) is 2.45. The van der Waals surface area contributed by atoms with Crippen molar-refractivity contribution in [2.24, 2.45) is 5.73 Å². The number of benzene rings is 2. The Kier molecular flexibility index (Phi) is 4.95. The number of hydrogen-bond acceptors (Lipinski definition) is 3. The summed E-state index contributed by atoms with van der Waals surface area (Å²) in [6, 6.07) is 10.6. The maximum Gasteiger partial charge on any atom is 0.243 e. The quantitative estimate of drug-likeness (QED) is 0.885. The Morgan fingerprint density at radius 1 is 1.14 bits per heavy atom. The third-order valence-electron chi connectivity index (χ3n) is 2.88. The van der Waals surface area contributed by atoms with Crippen LogP contribution in [0.3, 0.4) is 0 Å². The van der Waals surface area contributed by atoms with E-state index in [0.29, 0.717) is 16.1 Å². The van der Waals surface area contributed by atoms with E-state index in [4.69, 9.17) is 17.3 Å². The van der Waals surface area contributed by atoms with Gasteiger partial charge in [0.25, 0.3) is 0 Å². The summed E-state index contributed by atoms with van der Waals surface area (Å²) >= 11 is 5.82. The largest absolute Gasteiger partial charge is 0.326 e. The van der Waals surface area contributed by atoms with E-state index in [9.17, 15) is 12.8 Å². The molecule has 0 heterocycles. The maximum atomic E-state index is 13.8. The van der Waals surface area contributed by atoms with E-state index in [1.807, 2.05) is 0 Å². The van der Waals surface area contributed by atoms with Gasteiger partial charge < -0.3 is 5.73 Å². The van der Waals surface area contributed by atoms with Gasteiger partial charge >= 0.3 is 0 Å². The van der Waals surface area contributed by atoms with Crippen LogP contribution in [0, 0.1) is 5.82 Å². The molecule has 4 nitrogen and oxygen atoms in total. The molecule has 0 aliphatic heterocycles. The molecular weight excluding hydrogens is 315 g/mol. The zero-order valence-electron chi connectivity index (χ0n) is 11.0. The lowest BCUT2D eigenvalue weighted by Crippen LogP contribution is -2.24. The molecule has 0 aliphatic carbocycles. The van der Waals surface area contributed by atoms with Gasteiger partial charge in [0.2, 0.25) is 10.0 Å².